The van der Waals surface area contributed by atoms with Crippen molar-refractivity contribution in [1.29, 1.82) is 0 Å². The van der Waals surface area contributed by atoms with E-state index in [1.165, 1.54) is 0 Å². The molecule has 0 radical (unpaired) electrons. The zero-order valence-electron chi connectivity index (χ0n) is 19.7. The van der Waals surface area contributed by atoms with Gasteiger partial charge in [0.15, 0.2) is 29.1 Å². The SMILES string of the molecule is COc1cc(Br)c(C(OC(=O)c2ccccc2)c2nccc3cc(OC)c(OC)cc23)cc1OC. The summed E-state index contributed by atoms with van der Waals surface area (Å²) >= 11 is 3.61. The molecule has 0 fully saturated rings. The monoisotopic (exact) mass is 537 g/mol. The summed E-state index contributed by atoms with van der Waals surface area (Å²) in [5, 5.41) is 1.60. The maximum absolute atomic E-state index is 13.2. The maximum Gasteiger partial charge on any atom is 0.339 e. The fourth-order valence-corrected chi connectivity index (χ4v) is 4.35. The van der Waals surface area contributed by atoms with Crippen LogP contribution in [-0.2, 0) is 4.74 Å². The van der Waals surface area contributed by atoms with Gasteiger partial charge in [-0.1, -0.05) is 34.1 Å². The normalized spacial score (nSPS) is 11.6. The molecular weight excluding hydrogens is 514 g/mol. The molecule has 1 aromatic heterocycles. The lowest BCUT2D eigenvalue weighted by molar-refractivity contribution is 0.0372. The van der Waals surface area contributed by atoms with Crippen molar-refractivity contribution < 1.29 is 28.5 Å². The van der Waals surface area contributed by atoms with Gasteiger partial charge in [-0.05, 0) is 47.9 Å². The Morgan fingerprint density at radius 2 is 1.40 bits per heavy atom. The Morgan fingerprint density at radius 1 is 0.800 bits per heavy atom. The number of rotatable bonds is 8. The summed E-state index contributed by atoms with van der Waals surface area (Å²) in [5.41, 5.74) is 1.59. The summed E-state index contributed by atoms with van der Waals surface area (Å²) in [5.74, 6) is 1.66. The van der Waals surface area contributed by atoms with Crippen molar-refractivity contribution in [1.82, 2.24) is 4.98 Å². The van der Waals surface area contributed by atoms with E-state index in [2.05, 4.69) is 20.9 Å². The molecule has 0 aliphatic rings. The van der Waals surface area contributed by atoms with Crippen LogP contribution in [0, 0.1) is 0 Å². The fourth-order valence-electron chi connectivity index (χ4n) is 3.82. The van der Waals surface area contributed by atoms with Crippen LogP contribution in [0.1, 0.15) is 27.7 Å². The highest BCUT2D eigenvalue weighted by atomic mass is 79.9. The second-order valence-electron chi connectivity index (χ2n) is 7.50. The molecule has 1 heterocycles. The highest BCUT2D eigenvalue weighted by molar-refractivity contribution is 9.10. The summed E-state index contributed by atoms with van der Waals surface area (Å²) in [4.78, 5) is 17.8. The quantitative estimate of drug-likeness (QED) is 0.256. The van der Waals surface area contributed by atoms with Crippen molar-refractivity contribution >= 4 is 32.7 Å². The number of aromatic nitrogens is 1. The van der Waals surface area contributed by atoms with Crippen LogP contribution in [0.2, 0.25) is 0 Å². The van der Waals surface area contributed by atoms with E-state index in [0.29, 0.717) is 44.3 Å². The average Bonchev–Trinajstić information content (AvgIpc) is 2.90. The van der Waals surface area contributed by atoms with Gasteiger partial charge in [-0.15, -0.1) is 0 Å². The molecule has 1 atom stereocenters. The molecular formula is C27H24BrNO6. The first-order valence-corrected chi connectivity index (χ1v) is 11.5. The van der Waals surface area contributed by atoms with Crippen molar-refractivity contribution in [3.63, 3.8) is 0 Å². The average molecular weight is 538 g/mol. The standard InChI is InChI=1S/C27H24BrNO6/c1-31-21-12-17-10-11-29-25(18(17)13-22(21)32-2)26(35-27(30)16-8-6-5-7-9-16)19-14-23(33-3)24(34-4)15-20(19)28/h5-15,26H,1-4H3. The second-order valence-corrected chi connectivity index (χ2v) is 8.36. The van der Waals surface area contributed by atoms with Crippen molar-refractivity contribution in [3.8, 4) is 23.0 Å². The molecule has 0 bridgehead atoms. The third-order valence-electron chi connectivity index (χ3n) is 5.57. The summed E-state index contributed by atoms with van der Waals surface area (Å²) < 4.78 is 28.7. The summed E-state index contributed by atoms with van der Waals surface area (Å²) in [6.07, 6.45) is 0.792. The number of hydrogen-bond donors (Lipinski definition) is 0. The van der Waals surface area contributed by atoms with E-state index in [1.807, 2.05) is 24.3 Å². The first-order chi connectivity index (χ1) is 17.0. The molecule has 0 amide bonds. The van der Waals surface area contributed by atoms with E-state index in [1.54, 1.807) is 71.0 Å². The topological polar surface area (TPSA) is 76.1 Å². The van der Waals surface area contributed by atoms with E-state index in [9.17, 15) is 4.79 Å². The maximum atomic E-state index is 13.2. The molecule has 180 valence electrons. The molecule has 0 N–H and O–H groups in total. The Balaban J connectivity index is 1.94. The van der Waals surface area contributed by atoms with Crippen LogP contribution in [0.15, 0.2) is 71.3 Å². The summed E-state index contributed by atoms with van der Waals surface area (Å²) in [6.45, 7) is 0. The number of ether oxygens (including phenoxy) is 5. The number of carbonyl (C=O) groups excluding carboxylic acids is 1. The van der Waals surface area contributed by atoms with Gasteiger partial charge >= 0.3 is 5.97 Å². The van der Waals surface area contributed by atoms with Gasteiger partial charge in [-0.3, -0.25) is 4.98 Å². The molecule has 35 heavy (non-hydrogen) atoms. The summed E-state index contributed by atoms with van der Waals surface area (Å²) in [6, 6.07) is 17.9. The van der Waals surface area contributed by atoms with Gasteiger partial charge in [-0.25, -0.2) is 4.79 Å². The molecule has 4 aromatic rings. The Morgan fingerprint density at radius 3 is 2.06 bits per heavy atom. The van der Waals surface area contributed by atoms with Crippen molar-refractivity contribution in [3.05, 3.63) is 88.2 Å². The van der Waals surface area contributed by atoms with Crippen LogP contribution in [0.4, 0.5) is 0 Å². The summed E-state index contributed by atoms with van der Waals surface area (Å²) in [7, 11) is 6.26. The number of methoxy groups -OCH3 is 4. The number of esters is 1. The molecule has 8 heteroatoms. The first-order valence-electron chi connectivity index (χ1n) is 10.7. The van der Waals surface area contributed by atoms with Gasteiger partial charge < -0.3 is 23.7 Å². The zero-order valence-corrected chi connectivity index (χ0v) is 21.3. The van der Waals surface area contributed by atoms with E-state index < -0.39 is 12.1 Å². The smallest absolute Gasteiger partial charge is 0.339 e. The Bertz CT molecular complexity index is 1360. The van der Waals surface area contributed by atoms with Crippen LogP contribution in [0.25, 0.3) is 10.8 Å². The molecule has 1 unspecified atom stereocenters. The van der Waals surface area contributed by atoms with E-state index >= 15 is 0 Å². The first kappa shape index (κ1) is 24.3. The molecule has 0 saturated carbocycles. The predicted octanol–water partition coefficient (Wildman–Crippen LogP) is 5.98. The van der Waals surface area contributed by atoms with Gasteiger partial charge in [0.1, 0.15) is 0 Å². The van der Waals surface area contributed by atoms with Crippen LogP contribution in [-0.4, -0.2) is 39.4 Å². The van der Waals surface area contributed by atoms with Crippen molar-refractivity contribution in [2.45, 2.75) is 6.10 Å². The van der Waals surface area contributed by atoms with E-state index in [4.69, 9.17) is 23.7 Å². The lowest BCUT2D eigenvalue weighted by Crippen LogP contribution is -2.15. The zero-order chi connectivity index (χ0) is 24.9. The number of fused-ring (bicyclic) bond motifs is 1. The van der Waals surface area contributed by atoms with Gasteiger partial charge in [-0.2, -0.15) is 0 Å². The van der Waals surface area contributed by atoms with Crippen LogP contribution >= 0.6 is 15.9 Å². The van der Waals surface area contributed by atoms with E-state index in [-0.39, 0.29) is 0 Å². The fraction of sp³-hybridized carbons (Fsp3) is 0.185. The minimum atomic E-state index is -0.876. The van der Waals surface area contributed by atoms with E-state index in [0.717, 1.165) is 10.8 Å². The molecule has 4 rings (SSSR count). The number of benzene rings is 3. The molecule has 3 aromatic carbocycles. The molecule has 0 aliphatic heterocycles. The highest BCUT2D eigenvalue weighted by Crippen LogP contribution is 2.42. The highest BCUT2D eigenvalue weighted by Gasteiger charge is 2.28. The lowest BCUT2D eigenvalue weighted by Gasteiger charge is -2.22. The Kier molecular flexibility index (Phi) is 7.41. The minimum absolute atomic E-state index is 0.425. The number of carbonyl (C=O) groups is 1. The van der Waals surface area contributed by atoms with Crippen molar-refractivity contribution in [2.24, 2.45) is 0 Å². The predicted molar refractivity (Wildman–Crippen MR) is 136 cm³/mol. The molecule has 7 nitrogen and oxygen atoms in total. The minimum Gasteiger partial charge on any atom is -0.493 e. The second kappa shape index (κ2) is 10.7. The van der Waals surface area contributed by atoms with Gasteiger partial charge in [0, 0.05) is 21.6 Å². The Hall–Kier alpha value is -3.78. The van der Waals surface area contributed by atoms with Gasteiger partial charge in [0.25, 0.3) is 0 Å². The van der Waals surface area contributed by atoms with Gasteiger partial charge in [0.05, 0.1) is 39.7 Å². The van der Waals surface area contributed by atoms with Crippen LogP contribution < -0.4 is 18.9 Å². The van der Waals surface area contributed by atoms with Crippen molar-refractivity contribution in [2.75, 3.05) is 28.4 Å². The number of halogens is 1. The third-order valence-corrected chi connectivity index (χ3v) is 6.25. The molecule has 0 spiro atoms. The number of nitrogens with zero attached hydrogens (tertiary/aromatic N) is 1. The largest absolute Gasteiger partial charge is 0.493 e. The van der Waals surface area contributed by atoms with Crippen LogP contribution in [0.5, 0.6) is 23.0 Å². The molecule has 0 saturated heterocycles. The van der Waals surface area contributed by atoms with Gasteiger partial charge in [0.2, 0.25) is 0 Å². The lowest BCUT2D eigenvalue weighted by atomic mass is 9.99. The number of pyridine rings is 1. The molecule has 0 aliphatic carbocycles. The number of hydrogen-bond acceptors (Lipinski definition) is 7. The Labute approximate surface area is 211 Å². The van der Waals surface area contributed by atoms with Crippen LogP contribution in [0.3, 0.4) is 0 Å². The third kappa shape index (κ3) is 4.88.